The van der Waals surface area contributed by atoms with Gasteiger partial charge in [-0.15, -0.1) is 0 Å². The van der Waals surface area contributed by atoms with Crippen LogP contribution in [0, 0.1) is 0 Å². The van der Waals surface area contributed by atoms with E-state index in [1.165, 1.54) is 11.8 Å². The van der Waals surface area contributed by atoms with E-state index in [-0.39, 0.29) is 0 Å². The molecule has 1 amide bonds. The molecule has 3 rings (SSSR count). The summed E-state index contributed by atoms with van der Waals surface area (Å²) < 4.78 is 27.5. The lowest BCUT2D eigenvalue weighted by molar-refractivity contribution is -0.128. The summed E-state index contributed by atoms with van der Waals surface area (Å²) in [4.78, 5) is 17.4. The molecule has 6 heteroatoms. The Labute approximate surface area is 170 Å². The average Bonchev–Trinajstić information content (AvgIpc) is 2.74. The topological polar surface area (TPSA) is 45.2 Å². The number of carbonyl (C=O) groups is 1. The van der Waals surface area contributed by atoms with Crippen LogP contribution in [0.4, 0.5) is 20.2 Å². The minimum Gasteiger partial charge on any atom is -0.354 e. The molecule has 152 valence electrons. The van der Waals surface area contributed by atoms with Crippen LogP contribution in [0.3, 0.4) is 0 Å². The number of pyridine rings is 1. The van der Waals surface area contributed by atoms with E-state index in [1.54, 1.807) is 19.2 Å². The molecular formula is C23H25F2N3O. The summed E-state index contributed by atoms with van der Waals surface area (Å²) in [7, 11) is 0. The average molecular weight is 397 g/mol. The van der Waals surface area contributed by atoms with Gasteiger partial charge in [0.05, 0.1) is 17.6 Å². The second-order valence-corrected chi connectivity index (χ2v) is 7.29. The van der Waals surface area contributed by atoms with Gasteiger partial charge in [-0.05, 0) is 43.5 Å². The number of aromatic nitrogens is 1. The van der Waals surface area contributed by atoms with E-state index in [0.717, 1.165) is 22.5 Å². The number of benzene rings is 1. The van der Waals surface area contributed by atoms with Gasteiger partial charge in [0.25, 0.3) is 5.91 Å². The summed E-state index contributed by atoms with van der Waals surface area (Å²) >= 11 is 0. The van der Waals surface area contributed by atoms with Crippen LogP contribution >= 0.6 is 0 Å². The van der Waals surface area contributed by atoms with E-state index < -0.39 is 17.4 Å². The van der Waals surface area contributed by atoms with Crippen LogP contribution in [0.15, 0.2) is 61.1 Å². The highest BCUT2D eigenvalue weighted by Gasteiger charge is 2.25. The predicted octanol–water partition coefficient (Wildman–Crippen LogP) is 5.52. The van der Waals surface area contributed by atoms with Crippen LogP contribution in [-0.4, -0.2) is 28.9 Å². The molecule has 4 nitrogen and oxygen atoms in total. The number of hydrogen-bond acceptors (Lipinski definition) is 3. The largest absolute Gasteiger partial charge is 0.354 e. The highest BCUT2D eigenvalue weighted by molar-refractivity contribution is 5.91. The van der Waals surface area contributed by atoms with E-state index in [4.69, 9.17) is 0 Å². The molecular weight excluding hydrogens is 372 g/mol. The first-order chi connectivity index (χ1) is 13.8. The van der Waals surface area contributed by atoms with E-state index >= 15 is 0 Å². The Kier molecular flexibility index (Phi) is 6.11. The van der Waals surface area contributed by atoms with Crippen LogP contribution in [0.1, 0.15) is 37.9 Å². The molecule has 1 aromatic heterocycles. The molecule has 29 heavy (non-hydrogen) atoms. The zero-order chi connectivity index (χ0) is 21.0. The number of halogens is 2. The number of nitrogens with one attached hydrogen (secondary N) is 1. The molecule has 2 heterocycles. The number of hydrogen-bond donors (Lipinski definition) is 1. The van der Waals surface area contributed by atoms with Gasteiger partial charge in [-0.1, -0.05) is 37.8 Å². The third-order valence-electron chi connectivity index (χ3n) is 5.24. The summed E-state index contributed by atoms with van der Waals surface area (Å²) in [5.41, 5.74) is 2.70. The van der Waals surface area contributed by atoms with Crippen molar-refractivity contribution in [2.45, 2.75) is 32.4 Å². The van der Waals surface area contributed by atoms with E-state index in [0.29, 0.717) is 31.6 Å². The number of rotatable bonds is 6. The lowest BCUT2D eigenvalue weighted by atomic mass is 9.97. The fraction of sp³-hybridized carbons (Fsp3) is 0.304. The smallest absolute Gasteiger partial charge is 0.282 e. The monoisotopic (exact) mass is 397 g/mol. The van der Waals surface area contributed by atoms with Gasteiger partial charge in [0.15, 0.2) is 5.83 Å². The first kappa shape index (κ1) is 20.7. The Hall–Kier alpha value is -3.02. The fourth-order valence-electron chi connectivity index (χ4n) is 3.25. The van der Waals surface area contributed by atoms with Crippen molar-refractivity contribution < 1.29 is 13.6 Å². The van der Waals surface area contributed by atoms with Crippen molar-refractivity contribution in [1.82, 2.24) is 9.88 Å². The van der Waals surface area contributed by atoms with E-state index in [2.05, 4.69) is 16.9 Å². The van der Waals surface area contributed by atoms with Gasteiger partial charge in [0.1, 0.15) is 5.67 Å². The van der Waals surface area contributed by atoms with Crippen molar-refractivity contribution in [3.63, 3.8) is 0 Å². The molecule has 1 aliphatic rings. The van der Waals surface area contributed by atoms with Gasteiger partial charge in [-0.2, -0.15) is 0 Å². The van der Waals surface area contributed by atoms with Crippen LogP contribution in [0.2, 0.25) is 0 Å². The van der Waals surface area contributed by atoms with Crippen LogP contribution < -0.4 is 5.32 Å². The molecule has 0 saturated heterocycles. The van der Waals surface area contributed by atoms with Crippen molar-refractivity contribution in [1.29, 1.82) is 0 Å². The summed E-state index contributed by atoms with van der Waals surface area (Å²) in [6, 6.07) is 11.3. The summed E-state index contributed by atoms with van der Waals surface area (Å²) in [5, 5.41) is 3.34. The lowest BCUT2D eigenvalue weighted by Crippen LogP contribution is -2.34. The molecule has 1 unspecified atom stereocenters. The maximum Gasteiger partial charge on any atom is 0.282 e. The van der Waals surface area contributed by atoms with Crippen molar-refractivity contribution in [2.24, 2.45) is 0 Å². The summed E-state index contributed by atoms with van der Waals surface area (Å²) in [5.74, 6) is -1.60. The van der Waals surface area contributed by atoms with Gasteiger partial charge in [0.2, 0.25) is 0 Å². The Bertz CT molecular complexity index is 935. The molecule has 1 atom stereocenters. The quantitative estimate of drug-likeness (QED) is 0.653. The van der Waals surface area contributed by atoms with Crippen LogP contribution in [0.5, 0.6) is 0 Å². The van der Waals surface area contributed by atoms with E-state index in [9.17, 15) is 13.6 Å². The number of nitrogens with zero attached hydrogens (tertiary/aromatic N) is 2. The molecule has 0 radical (unpaired) electrons. The molecule has 1 aromatic carbocycles. The second-order valence-electron chi connectivity index (χ2n) is 7.29. The highest BCUT2D eigenvalue weighted by atomic mass is 19.1. The molecule has 0 saturated carbocycles. The minimum atomic E-state index is -1.45. The Morgan fingerprint density at radius 1 is 1.31 bits per heavy atom. The Balaban J connectivity index is 1.78. The maximum atomic E-state index is 14.4. The van der Waals surface area contributed by atoms with E-state index in [1.807, 2.05) is 36.4 Å². The van der Waals surface area contributed by atoms with Crippen molar-refractivity contribution in [2.75, 3.05) is 18.4 Å². The third kappa shape index (κ3) is 4.70. The lowest BCUT2D eigenvalue weighted by Gasteiger charge is -2.27. The second kappa shape index (κ2) is 8.55. The summed E-state index contributed by atoms with van der Waals surface area (Å²) in [6.07, 6.45) is 4.54. The van der Waals surface area contributed by atoms with Crippen LogP contribution in [0.25, 0.3) is 5.57 Å². The number of anilines is 2. The Morgan fingerprint density at radius 2 is 2.07 bits per heavy atom. The van der Waals surface area contributed by atoms with Crippen molar-refractivity contribution >= 4 is 22.9 Å². The standard InChI is InChI=1S/C23H25F2N3O/c1-4-23(3,25)21-10-9-18(15-26-21)27-20-8-6-5-7-19(20)17-11-13-28(14-12-17)22(29)16(2)24/h5-11,15,27H,2,4,12-14H2,1,3H3. The first-order valence-corrected chi connectivity index (χ1v) is 9.66. The van der Waals surface area contributed by atoms with Gasteiger partial charge >= 0.3 is 0 Å². The first-order valence-electron chi connectivity index (χ1n) is 9.66. The molecule has 1 N–H and O–H groups in total. The third-order valence-corrected chi connectivity index (χ3v) is 5.24. The molecule has 0 aliphatic carbocycles. The van der Waals surface area contributed by atoms with Crippen molar-refractivity contribution in [3.05, 3.63) is 72.3 Å². The predicted molar refractivity (Wildman–Crippen MR) is 112 cm³/mol. The van der Waals surface area contributed by atoms with Crippen molar-refractivity contribution in [3.8, 4) is 0 Å². The van der Waals surface area contributed by atoms with Gasteiger partial charge in [-0.25, -0.2) is 8.78 Å². The molecule has 0 bridgehead atoms. The number of amides is 1. The maximum absolute atomic E-state index is 14.4. The van der Waals surface area contributed by atoms with Crippen LogP contribution in [-0.2, 0) is 10.5 Å². The number of carbonyl (C=O) groups excluding carboxylic acids is 1. The van der Waals surface area contributed by atoms with Gasteiger partial charge in [0, 0.05) is 24.3 Å². The number of para-hydroxylation sites is 1. The molecule has 0 spiro atoms. The highest BCUT2D eigenvalue weighted by Crippen LogP contribution is 2.32. The Morgan fingerprint density at radius 3 is 2.66 bits per heavy atom. The molecule has 1 aliphatic heterocycles. The normalized spacial score (nSPS) is 16.0. The van der Waals surface area contributed by atoms with Gasteiger partial charge in [-0.3, -0.25) is 9.78 Å². The molecule has 0 fully saturated rings. The zero-order valence-corrected chi connectivity index (χ0v) is 16.7. The van der Waals surface area contributed by atoms with Gasteiger partial charge < -0.3 is 10.2 Å². The zero-order valence-electron chi connectivity index (χ0n) is 16.7. The molecule has 2 aromatic rings. The SMILES string of the molecule is C=C(F)C(=O)N1CC=C(c2ccccc2Nc2ccc(C(C)(F)CC)nc2)CC1. The fourth-order valence-corrected chi connectivity index (χ4v) is 3.25. The number of alkyl halides is 1. The summed E-state index contributed by atoms with van der Waals surface area (Å²) in [6.45, 7) is 7.17. The minimum absolute atomic E-state index is 0.341.